The van der Waals surface area contributed by atoms with Crippen LogP contribution in [0.4, 0.5) is 0 Å². The van der Waals surface area contributed by atoms with Crippen LogP contribution < -0.4 is 10.4 Å². The summed E-state index contributed by atoms with van der Waals surface area (Å²) in [5.74, 6) is 0. The second-order valence-corrected chi connectivity index (χ2v) is 29.6. The van der Waals surface area contributed by atoms with Crippen molar-refractivity contribution in [1.29, 1.82) is 0 Å². The van der Waals surface area contributed by atoms with Crippen LogP contribution in [0.5, 0.6) is 0 Å². The third-order valence-corrected chi connectivity index (χ3v) is 30.9. The Hall–Kier alpha value is -0.804. The van der Waals surface area contributed by atoms with E-state index >= 15 is 0 Å². The Labute approximate surface area is 211 Å². The Kier molecular flexibility index (Phi) is 11.5. The summed E-state index contributed by atoms with van der Waals surface area (Å²) < 4.78 is 6.53. The van der Waals surface area contributed by atoms with Gasteiger partial charge in [-0.05, 0) is 0 Å². The van der Waals surface area contributed by atoms with Gasteiger partial charge >= 0.3 is 212 Å². The molecule has 0 fully saturated rings. The number of hydrogen-bond donors (Lipinski definition) is 0. The molecule has 0 radical (unpaired) electrons. The molecule has 182 valence electrons. The summed E-state index contributed by atoms with van der Waals surface area (Å²) >= 11 is -2.47. The van der Waals surface area contributed by atoms with E-state index in [4.69, 9.17) is 0 Å². The van der Waals surface area contributed by atoms with E-state index in [0.717, 1.165) is 0 Å². The Morgan fingerprint density at radius 1 is 0.697 bits per heavy atom. The fourth-order valence-corrected chi connectivity index (χ4v) is 29.8. The molecule has 0 amide bonds. The van der Waals surface area contributed by atoms with E-state index in [-0.39, 0.29) is 5.04 Å². The molecule has 33 heavy (non-hydrogen) atoms. The van der Waals surface area contributed by atoms with Crippen LogP contribution in [-0.4, -0.2) is 26.5 Å². The van der Waals surface area contributed by atoms with Gasteiger partial charge in [0.05, 0.1) is 0 Å². The van der Waals surface area contributed by atoms with Gasteiger partial charge in [0.1, 0.15) is 0 Å². The van der Waals surface area contributed by atoms with Crippen molar-refractivity contribution in [2.45, 2.75) is 105 Å². The zero-order valence-corrected chi connectivity index (χ0v) is 26.6. The van der Waals surface area contributed by atoms with E-state index < -0.39 is 26.5 Å². The van der Waals surface area contributed by atoms with Crippen LogP contribution in [0.15, 0.2) is 70.0 Å². The number of allylic oxidation sites excluding steroid dienone is 1. The number of unbranched alkanes of at least 4 members (excludes halogenated alkanes) is 3. The summed E-state index contributed by atoms with van der Waals surface area (Å²) in [5.41, 5.74) is 2.94. The molecule has 2 aromatic rings. The van der Waals surface area contributed by atoms with E-state index in [2.05, 4.69) is 115 Å². The van der Waals surface area contributed by atoms with Crippen LogP contribution in [0.2, 0.25) is 18.3 Å². The fourth-order valence-electron chi connectivity index (χ4n) is 5.81. The van der Waals surface area contributed by atoms with Crippen molar-refractivity contribution >= 4 is 36.8 Å². The third kappa shape index (κ3) is 6.87. The Bertz CT molecular complexity index is 771. The van der Waals surface area contributed by atoms with Gasteiger partial charge in [-0.3, -0.25) is 0 Å². The minimum absolute atomic E-state index is 0.203. The molecule has 0 aromatic heterocycles. The zero-order valence-electron chi connectivity index (χ0n) is 22.7. The quantitative estimate of drug-likeness (QED) is 0.211. The molecular formula is C31H50SiSn. The normalized spacial score (nSPS) is 13.4. The van der Waals surface area contributed by atoms with E-state index in [9.17, 15) is 0 Å². The third-order valence-electron chi connectivity index (χ3n) is 7.94. The van der Waals surface area contributed by atoms with Crippen LogP contribution in [0.25, 0.3) is 0 Å². The predicted octanol–water partition coefficient (Wildman–Crippen LogP) is 8.92. The Morgan fingerprint density at radius 3 is 1.36 bits per heavy atom. The van der Waals surface area contributed by atoms with Crippen molar-refractivity contribution in [2.75, 3.05) is 0 Å². The summed E-state index contributed by atoms with van der Waals surface area (Å²) in [7, 11) is -2.15. The molecule has 0 spiro atoms. The van der Waals surface area contributed by atoms with Gasteiger partial charge in [0.25, 0.3) is 0 Å². The standard InChI is InChI=1S/C19H23Si.3C4H9.Sn/c1-5-16-20(19(2,3)4,17-12-8-6-9-13-17)18-14-10-7-11-15-18;3*1-3-4-2;/h6-16H,1-4H3;3*1,3-4H2,2H3;. The van der Waals surface area contributed by atoms with Gasteiger partial charge in [0.2, 0.25) is 0 Å². The van der Waals surface area contributed by atoms with Crippen LogP contribution in [0.1, 0.15) is 87.0 Å². The van der Waals surface area contributed by atoms with Crippen molar-refractivity contribution in [1.82, 2.24) is 0 Å². The van der Waals surface area contributed by atoms with Crippen molar-refractivity contribution < 1.29 is 0 Å². The fraction of sp³-hybridized carbons (Fsp3) is 0.548. The molecular weight excluding hydrogens is 519 g/mol. The molecule has 0 saturated heterocycles. The average Bonchev–Trinajstić information content (AvgIpc) is 2.82. The Morgan fingerprint density at radius 2 is 1.06 bits per heavy atom. The molecule has 0 N–H and O–H groups in total. The van der Waals surface area contributed by atoms with Gasteiger partial charge in [-0.2, -0.15) is 0 Å². The molecule has 0 unspecified atom stereocenters. The molecule has 0 aliphatic heterocycles. The van der Waals surface area contributed by atoms with Crippen LogP contribution in [0, 0.1) is 0 Å². The summed E-state index contributed by atoms with van der Waals surface area (Å²) in [5, 5.41) is 3.35. The Balaban J connectivity index is 2.81. The van der Waals surface area contributed by atoms with Crippen molar-refractivity contribution in [2.24, 2.45) is 0 Å². The predicted molar refractivity (Wildman–Crippen MR) is 156 cm³/mol. The van der Waals surface area contributed by atoms with E-state index in [1.165, 1.54) is 38.5 Å². The number of rotatable bonds is 13. The SMILES string of the molecule is CCC[CH2][Sn]([CH2]CCC)([CH2]CCC)/[C](C)=C/[Si](c1ccccc1)(c1ccccc1)C(C)(C)C. The monoisotopic (exact) mass is 570 g/mol. The minimum atomic E-state index is -2.47. The first-order valence-corrected chi connectivity index (χ1v) is 23.1. The number of hydrogen-bond acceptors (Lipinski definition) is 0. The van der Waals surface area contributed by atoms with Gasteiger partial charge in [-0.15, -0.1) is 0 Å². The zero-order chi connectivity index (χ0) is 24.4. The van der Waals surface area contributed by atoms with Gasteiger partial charge in [0.15, 0.2) is 0 Å². The molecule has 0 bridgehead atoms. The number of benzene rings is 2. The van der Waals surface area contributed by atoms with Crippen LogP contribution >= 0.6 is 0 Å². The molecule has 0 aliphatic carbocycles. The van der Waals surface area contributed by atoms with Crippen LogP contribution in [-0.2, 0) is 0 Å². The topological polar surface area (TPSA) is 0 Å². The molecule has 0 aliphatic rings. The molecule has 0 nitrogen and oxygen atoms in total. The van der Waals surface area contributed by atoms with Gasteiger partial charge in [-0.25, -0.2) is 0 Å². The second kappa shape index (κ2) is 13.3. The summed E-state index contributed by atoms with van der Waals surface area (Å²) in [6, 6.07) is 23.1. The molecule has 0 atom stereocenters. The average molecular weight is 570 g/mol. The molecule has 2 heteroatoms. The molecule has 2 rings (SSSR count). The van der Waals surface area contributed by atoms with E-state index in [1.54, 1.807) is 23.7 Å². The van der Waals surface area contributed by atoms with Crippen molar-refractivity contribution in [3.8, 4) is 0 Å². The first kappa shape index (κ1) is 28.4. The van der Waals surface area contributed by atoms with Gasteiger partial charge in [0, 0.05) is 0 Å². The summed E-state index contributed by atoms with van der Waals surface area (Å²) in [6.45, 7) is 17.3. The molecule has 0 saturated carbocycles. The first-order valence-electron chi connectivity index (χ1n) is 13.6. The summed E-state index contributed by atoms with van der Waals surface area (Å²) in [4.78, 5) is 0. The van der Waals surface area contributed by atoms with Crippen molar-refractivity contribution in [3.05, 3.63) is 70.0 Å². The van der Waals surface area contributed by atoms with Gasteiger partial charge < -0.3 is 0 Å². The summed E-state index contributed by atoms with van der Waals surface area (Å²) in [6.07, 6.45) is 8.29. The second-order valence-electron chi connectivity index (χ2n) is 11.2. The maximum absolute atomic E-state index is 2.94. The van der Waals surface area contributed by atoms with Crippen LogP contribution in [0.3, 0.4) is 0 Å². The van der Waals surface area contributed by atoms with Gasteiger partial charge in [-0.1, -0.05) is 0 Å². The maximum atomic E-state index is 2.94. The first-order chi connectivity index (χ1) is 15.8. The molecule has 0 heterocycles. The van der Waals surface area contributed by atoms with E-state index in [1.807, 2.05) is 3.59 Å². The molecule has 2 aromatic carbocycles. The van der Waals surface area contributed by atoms with Crippen molar-refractivity contribution in [3.63, 3.8) is 0 Å². The van der Waals surface area contributed by atoms with E-state index in [0.29, 0.717) is 0 Å².